The van der Waals surface area contributed by atoms with Gasteiger partial charge in [0.1, 0.15) is 0 Å². The van der Waals surface area contributed by atoms with E-state index in [9.17, 15) is 5.11 Å². The molecule has 2 aliphatic carbocycles. The van der Waals surface area contributed by atoms with Gasteiger partial charge in [-0.25, -0.2) is 0 Å². The Hall–Kier alpha value is -2.16. The van der Waals surface area contributed by atoms with E-state index >= 15 is 0 Å². The van der Waals surface area contributed by atoms with Crippen molar-refractivity contribution in [2.45, 2.75) is 32.5 Å². The number of fused-ring (bicyclic) bond motifs is 2. The molecule has 1 N–H and O–H groups in total. The van der Waals surface area contributed by atoms with Gasteiger partial charge in [0.2, 0.25) is 0 Å². The Labute approximate surface area is 156 Å². The summed E-state index contributed by atoms with van der Waals surface area (Å²) in [6.45, 7) is 11.8. The van der Waals surface area contributed by atoms with Crippen molar-refractivity contribution in [3.63, 3.8) is 0 Å². The van der Waals surface area contributed by atoms with Crippen molar-refractivity contribution >= 4 is 31.5 Å². The Bertz CT molecular complexity index is 1170. The summed E-state index contributed by atoms with van der Waals surface area (Å²) in [5, 5.41) is 16.4. The number of hydrogen-bond acceptors (Lipinski definition) is 1. The monoisotopic (exact) mass is 358 g/mol. The number of aliphatic hydroxyl groups excluding tert-OH is 1. The van der Waals surface area contributed by atoms with Crippen LogP contribution >= 0.6 is 0 Å². The van der Waals surface area contributed by atoms with E-state index in [1.54, 1.807) is 0 Å². The van der Waals surface area contributed by atoms with Gasteiger partial charge in [0, 0.05) is 6.61 Å². The SMILES string of the molecule is C=c1c(C)c([Si](C)(C)CCO)c2c(c1C1=CC=CC1)C=c1ccccc1=2. The summed E-state index contributed by atoms with van der Waals surface area (Å²) in [4.78, 5) is 0. The minimum Gasteiger partial charge on any atom is -0.397 e. The molecule has 0 fully saturated rings. The first kappa shape index (κ1) is 17.3. The number of benzene rings is 2. The number of aliphatic hydroxyl groups is 1. The molecule has 1 nitrogen and oxygen atoms in total. The highest BCUT2D eigenvalue weighted by Crippen LogP contribution is 2.28. The van der Waals surface area contributed by atoms with Crippen LogP contribution in [0.5, 0.6) is 0 Å². The second-order valence-corrected chi connectivity index (χ2v) is 12.8. The lowest BCUT2D eigenvalue weighted by Gasteiger charge is -2.27. The van der Waals surface area contributed by atoms with E-state index < -0.39 is 8.07 Å². The zero-order chi connectivity index (χ0) is 18.5. The predicted octanol–water partition coefficient (Wildman–Crippen LogP) is 3.09. The number of hydrogen-bond donors (Lipinski definition) is 1. The number of allylic oxidation sites excluding steroid dienone is 4. The molecule has 0 aliphatic heterocycles. The molecule has 0 atom stereocenters. The molecule has 0 spiro atoms. The summed E-state index contributed by atoms with van der Waals surface area (Å²) in [5.74, 6) is 0. The van der Waals surface area contributed by atoms with Gasteiger partial charge < -0.3 is 5.11 Å². The predicted molar refractivity (Wildman–Crippen MR) is 114 cm³/mol. The largest absolute Gasteiger partial charge is 0.397 e. The molecule has 0 saturated heterocycles. The van der Waals surface area contributed by atoms with Gasteiger partial charge in [0.05, 0.1) is 8.07 Å². The summed E-state index contributed by atoms with van der Waals surface area (Å²) in [7, 11) is -1.79. The molecule has 2 heteroatoms. The van der Waals surface area contributed by atoms with Crippen molar-refractivity contribution in [1.29, 1.82) is 0 Å². The maximum Gasteiger partial charge on any atom is 0.0840 e. The topological polar surface area (TPSA) is 20.2 Å². The highest BCUT2D eigenvalue weighted by Gasteiger charge is 2.29. The first-order valence-electron chi connectivity index (χ1n) is 9.40. The van der Waals surface area contributed by atoms with Crippen LogP contribution in [0.3, 0.4) is 0 Å². The zero-order valence-corrected chi connectivity index (χ0v) is 16.9. The van der Waals surface area contributed by atoms with Gasteiger partial charge in [0.25, 0.3) is 0 Å². The Balaban J connectivity index is 2.22. The maximum atomic E-state index is 9.69. The van der Waals surface area contributed by atoms with Crippen molar-refractivity contribution in [3.05, 3.63) is 80.1 Å². The molecule has 132 valence electrons. The van der Waals surface area contributed by atoms with Crippen molar-refractivity contribution in [2.24, 2.45) is 0 Å². The van der Waals surface area contributed by atoms with E-state index in [-0.39, 0.29) is 6.61 Å². The van der Waals surface area contributed by atoms with Crippen molar-refractivity contribution < 1.29 is 5.11 Å². The van der Waals surface area contributed by atoms with Gasteiger partial charge in [-0.2, -0.15) is 0 Å². The van der Waals surface area contributed by atoms with Crippen LogP contribution in [0.25, 0.3) is 18.2 Å². The molecule has 0 heterocycles. The molecular weight excluding hydrogens is 332 g/mol. The quantitative estimate of drug-likeness (QED) is 0.711. The second-order valence-electron chi connectivity index (χ2n) is 8.06. The van der Waals surface area contributed by atoms with Crippen LogP contribution in [0.1, 0.15) is 23.1 Å². The highest BCUT2D eigenvalue weighted by atomic mass is 28.3. The molecule has 0 amide bonds. The molecule has 2 aromatic carbocycles. The van der Waals surface area contributed by atoms with E-state index in [4.69, 9.17) is 0 Å². The van der Waals surface area contributed by atoms with Gasteiger partial charge in [-0.15, -0.1) is 0 Å². The average Bonchev–Trinajstić information content (AvgIpc) is 3.24. The standard InChI is InChI=1S/C24H26OSi/c1-16-17(2)24(26(3,4)14-13-25)23-20-12-8-7-11-19(20)15-21(23)22(16)18-9-5-6-10-18/h5-9,11-12,15,25H,1,10,13-14H2,2-4H3. The minimum absolute atomic E-state index is 0.252. The van der Waals surface area contributed by atoms with Gasteiger partial charge in [-0.05, 0) is 73.8 Å². The van der Waals surface area contributed by atoms with Crippen LogP contribution in [0.15, 0.2) is 42.5 Å². The van der Waals surface area contributed by atoms with E-state index in [2.05, 4.69) is 75.2 Å². The smallest absolute Gasteiger partial charge is 0.0840 e. The number of rotatable bonds is 4. The van der Waals surface area contributed by atoms with Gasteiger partial charge in [0.15, 0.2) is 0 Å². The molecule has 2 aromatic rings. The Morgan fingerprint density at radius 2 is 1.96 bits per heavy atom. The first-order valence-corrected chi connectivity index (χ1v) is 12.6. The molecule has 4 rings (SSSR count). The van der Waals surface area contributed by atoms with Crippen molar-refractivity contribution in [1.82, 2.24) is 0 Å². The molecule has 0 radical (unpaired) electrons. The summed E-state index contributed by atoms with van der Waals surface area (Å²) >= 11 is 0. The zero-order valence-electron chi connectivity index (χ0n) is 15.9. The normalized spacial score (nSPS) is 14.8. The van der Waals surface area contributed by atoms with E-state index in [0.29, 0.717) is 0 Å². The Morgan fingerprint density at radius 3 is 2.65 bits per heavy atom. The Kier molecular flexibility index (Phi) is 4.13. The van der Waals surface area contributed by atoms with Crippen LogP contribution in [0, 0.1) is 17.4 Å². The minimum atomic E-state index is -1.79. The molecule has 0 saturated carbocycles. The van der Waals surface area contributed by atoms with Crippen LogP contribution in [-0.4, -0.2) is 19.8 Å². The lowest BCUT2D eigenvalue weighted by atomic mass is 9.93. The lowest BCUT2D eigenvalue weighted by molar-refractivity contribution is 0.317. The molecule has 0 aromatic heterocycles. The fourth-order valence-corrected chi connectivity index (χ4v) is 7.55. The summed E-state index contributed by atoms with van der Waals surface area (Å²) in [6.07, 6.45) is 9.93. The third kappa shape index (κ3) is 2.48. The van der Waals surface area contributed by atoms with Crippen LogP contribution in [0.2, 0.25) is 19.1 Å². The molecule has 0 bridgehead atoms. The fraction of sp³-hybridized carbons (Fsp3) is 0.250. The van der Waals surface area contributed by atoms with Gasteiger partial charge in [-0.3, -0.25) is 0 Å². The lowest BCUT2D eigenvalue weighted by Crippen LogP contribution is -2.47. The van der Waals surface area contributed by atoms with Gasteiger partial charge in [-0.1, -0.05) is 62.2 Å². The highest BCUT2D eigenvalue weighted by molar-refractivity contribution is 6.90. The fourth-order valence-electron chi connectivity index (χ4n) is 4.63. The van der Waals surface area contributed by atoms with Crippen LogP contribution in [-0.2, 0) is 0 Å². The third-order valence-corrected chi connectivity index (χ3v) is 9.41. The first-order chi connectivity index (χ1) is 12.5. The summed E-state index contributed by atoms with van der Waals surface area (Å²) < 4.78 is 0. The molecule has 0 unspecified atom stereocenters. The molecular formula is C24H26OSi. The second kappa shape index (κ2) is 6.22. The molecule has 2 aliphatic rings. The van der Waals surface area contributed by atoms with Crippen LogP contribution < -0.4 is 15.6 Å². The third-order valence-electron chi connectivity index (χ3n) is 5.95. The summed E-state index contributed by atoms with van der Waals surface area (Å²) in [6, 6.07) is 9.59. The van der Waals surface area contributed by atoms with E-state index in [1.807, 2.05) is 0 Å². The molecule has 26 heavy (non-hydrogen) atoms. The van der Waals surface area contributed by atoms with Gasteiger partial charge >= 0.3 is 0 Å². The summed E-state index contributed by atoms with van der Waals surface area (Å²) in [5.41, 5.74) is 5.34. The van der Waals surface area contributed by atoms with E-state index in [1.165, 1.54) is 43.1 Å². The Morgan fingerprint density at radius 1 is 1.19 bits per heavy atom. The van der Waals surface area contributed by atoms with Crippen LogP contribution in [0.4, 0.5) is 0 Å². The average molecular weight is 359 g/mol. The van der Waals surface area contributed by atoms with Crippen molar-refractivity contribution in [3.8, 4) is 0 Å². The van der Waals surface area contributed by atoms with E-state index in [0.717, 1.165) is 17.7 Å². The van der Waals surface area contributed by atoms with Crippen molar-refractivity contribution in [2.75, 3.05) is 6.61 Å². The maximum absolute atomic E-state index is 9.69.